The number of hydrazine groups is 1. The lowest BCUT2D eigenvalue weighted by Gasteiger charge is -2.28. The van der Waals surface area contributed by atoms with E-state index in [0.29, 0.717) is 18.4 Å². The summed E-state index contributed by atoms with van der Waals surface area (Å²) in [5.74, 6) is -0.968. The van der Waals surface area contributed by atoms with Gasteiger partial charge in [0, 0.05) is 25.3 Å². The molecular formula is C21H24FN3O2. The molecule has 0 saturated heterocycles. The number of nitrogens with zero attached hydrogens (tertiary/aromatic N) is 1. The van der Waals surface area contributed by atoms with Gasteiger partial charge in [0.05, 0.1) is 5.41 Å². The molecule has 5 nitrogen and oxygen atoms in total. The number of halogens is 1. The Morgan fingerprint density at radius 1 is 1.00 bits per heavy atom. The number of carbonyl (C=O) groups is 2. The summed E-state index contributed by atoms with van der Waals surface area (Å²) in [4.78, 5) is 27.3. The van der Waals surface area contributed by atoms with Crippen LogP contribution in [-0.2, 0) is 10.2 Å². The summed E-state index contributed by atoms with van der Waals surface area (Å²) in [6.07, 6.45) is 3.19. The minimum atomic E-state index is -0.730. The summed E-state index contributed by atoms with van der Waals surface area (Å²) >= 11 is 0. The van der Waals surface area contributed by atoms with Crippen molar-refractivity contribution in [3.63, 3.8) is 0 Å². The van der Waals surface area contributed by atoms with Gasteiger partial charge in [-0.3, -0.25) is 20.4 Å². The number of nitrogens with one attached hydrogen (secondary N) is 2. The fourth-order valence-corrected chi connectivity index (χ4v) is 3.62. The molecule has 1 aliphatic carbocycles. The third kappa shape index (κ3) is 3.94. The minimum Gasteiger partial charge on any atom is -0.378 e. The summed E-state index contributed by atoms with van der Waals surface area (Å²) in [5, 5.41) is 0. The largest absolute Gasteiger partial charge is 0.378 e. The van der Waals surface area contributed by atoms with Gasteiger partial charge in [-0.2, -0.15) is 0 Å². The summed E-state index contributed by atoms with van der Waals surface area (Å²) in [6.45, 7) is 0. The fraction of sp³-hybridized carbons (Fsp3) is 0.333. The molecule has 0 aliphatic heterocycles. The van der Waals surface area contributed by atoms with Gasteiger partial charge >= 0.3 is 0 Å². The first-order valence-corrected chi connectivity index (χ1v) is 9.07. The van der Waals surface area contributed by atoms with Crippen LogP contribution in [0.25, 0.3) is 0 Å². The van der Waals surface area contributed by atoms with Crippen molar-refractivity contribution in [1.82, 2.24) is 10.9 Å². The molecular weight excluding hydrogens is 345 g/mol. The lowest BCUT2D eigenvalue weighted by molar-refractivity contribution is -0.127. The first-order chi connectivity index (χ1) is 12.9. The van der Waals surface area contributed by atoms with E-state index in [9.17, 15) is 14.0 Å². The Kier molecular flexibility index (Phi) is 5.44. The third-order valence-electron chi connectivity index (χ3n) is 5.20. The molecule has 2 N–H and O–H groups in total. The van der Waals surface area contributed by atoms with Gasteiger partial charge in [0.25, 0.3) is 5.91 Å². The second-order valence-corrected chi connectivity index (χ2v) is 7.15. The molecule has 27 heavy (non-hydrogen) atoms. The zero-order chi connectivity index (χ0) is 19.4. The Morgan fingerprint density at radius 3 is 2.30 bits per heavy atom. The second kappa shape index (κ2) is 7.78. The highest BCUT2D eigenvalue weighted by molar-refractivity contribution is 5.97. The number of benzene rings is 2. The van der Waals surface area contributed by atoms with E-state index >= 15 is 0 Å². The lowest BCUT2D eigenvalue weighted by Crippen LogP contribution is -2.50. The van der Waals surface area contributed by atoms with Crippen LogP contribution >= 0.6 is 0 Å². The van der Waals surface area contributed by atoms with Crippen molar-refractivity contribution in [2.45, 2.75) is 31.1 Å². The Hall–Kier alpha value is -2.89. The zero-order valence-electron chi connectivity index (χ0n) is 15.6. The Morgan fingerprint density at radius 2 is 1.67 bits per heavy atom. The van der Waals surface area contributed by atoms with Crippen molar-refractivity contribution in [1.29, 1.82) is 0 Å². The first kappa shape index (κ1) is 18.9. The first-order valence-electron chi connectivity index (χ1n) is 9.07. The molecule has 6 heteroatoms. The van der Waals surface area contributed by atoms with Crippen LogP contribution in [-0.4, -0.2) is 25.9 Å². The minimum absolute atomic E-state index is 0.260. The average molecular weight is 369 g/mol. The van der Waals surface area contributed by atoms with E-state index in [0.717, 1.165) is 24.1 Å². The Labute approximate surface area is 158 Å². The molecule has 2 aromatic rings. The molecule has 2 amide bonds. The Balaban J connectivity index is 1.72. The van der Waals surface area contributed by atoms with Gasteiger partial charge in [0.2, 0.25) is 5.91 Å². The maximum Gasteiger partial charge on any atom is 0.269 e. The van der Waals surface area contributed by atoms with E-state index in [1.54, 1.807) is 30.3 Å². The van der Waals surface area contributed by atoms with Crippen LogP contribution in [0.3, 0.4) is 0 Å². The molecule has 1 fully saturated rings. The van der Waals surface area contributed by atoms with Crippen LogP contribution in [0.5, 0.6) is 0 Å². The molecule has 0 radical (unpaired) electrons. The number of hydrogen-bond acceptors (Lipinski definition) is 3. The van der Waals surface area contributed by atoms with Gasteiger partial charge in [-0.15, -0.1) is 0 Å². The number of hydrogen-bond donors (Lipinski definition) is 2. The van der Waals surface area contributed by atoms with E-state index in [1.165, 1.54) is 12.1 Å². The lowest BCUT2D eigenvalue weighted by atomic mass is 9.78. The van der Waals surface area contributed by atoms with Gasteiger partial charge in [0.1, 0.15) is 5.82 Å². The van der Waals surface area contributed by atoms with Gasteiger partial charge in [-0.05, 0) is 48.7 Å². The highest BCUT2D eigenvalue weighted by Crippen LogP contribution is 2.41. The summed E-state index contributed by atoms with van der Waals surface area (Å²) in [5.41, 5.74) is 6.50. The standard InChI is InChI=1S/C21H24FN3O2/c1-25(2)18-7-5-6-15(14-18)19(26)23-24-20(27)21(12-3-4-13-21)16-8-10-17(22)11-9-16/h5-11,14H,3-4,12-13H2,1-2H3,(H,23,26)(H,24,27). The summed E-state index contributed by atoms with van der Waals surface area (Å²) < 4.78 is 13.3. The van der Waals surface area contributed by atoms with Crippen molar-refractivity contribution in [2.75, 3.05) is 19.0 Å². The topological polar surface area (TPSA) is 61.4 Å². The molecule has 0 spiro atoms. The molecule has 0 heterocycles. The Bertz CT molecular complexity index is 828. The fourth-order valence-electron chi connectivity index (χ4n) is 3.62. The molecule has 0 atom stereocenters. The maximum atomic E-state index is 13.3. The van der Waals surface area contributed by atoms with Gasteiger partial charge < -0.3 is 4.90 Å². The van der Waals surface area contributed by atoms with Crippen LogP contribution < -0.4 is 15.8 Å². The normalized spacial score (nSPS) is 15.2. The highest BCUT2D eigenvalue weighted by atomic mass is 19.1. The highest BCUT2D eigenvalue weighted by Gasteiger charge is 2.42. The van der Waals surface area contributed by atoms with Crippen molar-refractivity contribution in [2.24, 2.45) is 0 Å². The average Bonchev–Trinajstić information content (AvgIpc) is 3.17. The molecule has 1 saturated carbocycles. The maximum absolute atomic E-state index is 13.3. The predicted molar refractivity (Wildman–Crippen MR) is 103 cm³/mol. The molecule has 0 bridgehead atoms. The number of amides is 2. The van der Waals surface area contributed by atoms with E-state index in [-0.39, 0.29) is 17.6 Å². The zero-order valence-corrected chi connectivity index (χ0v) is 15.6. The molecule has 2 aromatic carbocycles. The molecule has 1 aliphatic rings. The SMILES string of the molecule is CN(C)c1cccc(C(=O)NNC(=O)C2(c3ccc(F)cc3)CCCC2)c1. The van der Waals surface area contributed by atoms with Crippen LogP contribution in [0.4, 0.5) is 10.1 Å². The quantitative estimate of drug-likeness (QED) is 0.814. The number of anilines is 1. The molecule has 0 aromatic heterocycles. The van der Waals surface area contributed by atoms with E-state index < -0.39 is 5.41 Å². The van der Waals surface area contributed by atoms with Gasteiger partial charge in [-0.1, -0.05) is 31.0 Å². The molecule has 0 unspecified atom stereocenters. The summed E-state index contributed by atoms with van der Waals surface area (Å²) in [7, 11) is 3.79. The smallest absolute Gasteiger partial charge is 0.269 e. The van der Waals surface area contributed by atoms with Crippen LogP contribution in [0.2, 0.25) is 0 Å². The van der Waals surface area contributed by atoms with E-state index in [4.69, 9.17) is 0 Å². The number of rotatable bonds is 4. The van der Waals surface area contributed by atoms with Gasteiger partial charge in [-0.25, -0.2) is 4.39 Å². The molecule has 3 rings (SSSR count). The molecule has 142 valence electrons. The van der Waals surface area contributed by atoms with E-state index in [2.05, 4.69) is 10.9 Å². The van der Waals surface area contributed by atoms with Crippen molar-refractivity contribution >= 4 is 17.5 Å². The van der Waals surface area contributed by atoms with Crippen LogP contribution in [0.1, 0.15) is 41.6 Å². The van der Waals surface area contributed by atoms with Crippen molar-refractivity contribution in [3.05, 3.63) is 65.5 Å². The third-order valence-corrected chi connectivity index (χ3v) is 5.20. The second-order valence-electron chi connectivity index (χ2n) is 7.15. The van der Waals surface area contributed by atoms with Gasteiger partial charge in [0.15, 0.2) is 0 Å². The van der Waals surface area contributed by atoms with Crippen molar-refractivity contribution < 1.29 is 14.0 Å². The monoisotopic (exact) mass is 369 g/mol. The van der Waals surface area contributed by atoms with Crippen molar-refractivity contribution in [3.8, 4) is 0 Å². The van der Waals surface area contributed by atoms with E-state index in [1.807, 2.05) is 25.1 Å². The number of carbonyl (C=O) groups excluding carboxylic acids is 2. The van der Waals surface area contributed by atoms with Crippen LogP contribution in [0.15, 0.2) is 48.5 Å². The predicted octanol–water partition coefficient (Wildman–Crippen LogP) is 3.16. The summed E-state index contributed by atoms with van der Waals surface area (Å²) in [6, 6.07) is 13.2. The van der Waals surface area contributed by atoms with Crippen LogP contribution in [0, 0.1) is 5.82 Å².